The van der Waals surface area contributed by atoms with E-state index in [9.17, 15) is 14.5 Å². The minimum Gasteiger partial charge on any atom is -0.377 e. The lowest BCUT2D eigenvalue weighted by Crippen LogP contribution is -2.58. The molecule has 0 amide bonds. The van der Waals surface area contributed by atoms with Crippen molar-refractivity contribution >= 4 is 23.0 Å². The van der Waals surface area contributed by atoms with Gasteiger partial charge in [0.15, 0.2) is 0 Å². The first-order valence-corrected chi connectivity index (χ1v) is 7.52. The Morgan fingerprint density at radius 2 is 2.24 bits per heavy atom. The monoisotopic (exact) mass is 313 g/mol. The second kappa shape index (κ2) is 5.42. The van der Waals surface area contributed by atoms with Gasteiger partial charge in [0.05, 0.1) is 9.95 Å². The highest BCUT2D eigenvalue weighted by Crippen LogP contribution is 2.40. The van der Waals surface area contributed by atoms with Crippen LogP contribution in [0.3, 0.4) is 0 Å². The number of nitrogens with zero attached hydrogens (tertiary/aromatic N) is 1. The fraction of sp³-hybridized carbons (Fsp3) is 0.571. The van der Waals surface area contributed by atoms with Crippen molar-refractivity contribution in [1.82, 2.24) is 5.32 Å². The molecule has 1 aliphatic carbocycles. The summed E-state index contributed by atoms with van der Waals surface area (Å²) in [5.41, 5.74) is 0.209. The molecule has 1 atom stereocenters. The molecule has 1 aromatic carbocycles. The van der Waals surface area contributed by atoms with E-state index in [4.69, 9.17) is 11.6 Å². The van der Waals surface area contributed by atoms with Gasteiger partial charge in [0.25, 0.3) is 5.69 Å². The summed E-state index contributed by atoms with van der Waals surface area (Å²) in [5.74, 6) is -0.642. The van der Waals surface area contributed by atoms with Crippen LogP contribution in [0.25, 0.3) is 0 Å². The molecule has 1 saturated carbocycles. The molecule has 1 aliphatic heterocycles. The smallest absolute Gasteiger partial charge is 0.294 e. The lowest BCUT2D eigenvalue weighted by atomic mass is 9.70. The van der Waals surface area contributed by atoms with Gasteiger partial charge in [-0.1, -0.05) is 11.6 Å². The number of hydrogen-bond acceptors (Lipinski definition) is 4. The van der Waals surface area contributed by atoms with Crippen LogP contribution in [0.5, 0.6) is 0 Å². The fourth-order valence-corrected chi connectivity index (χ4v) is 3.45. The number of halogens is 2. The molecule has 0 bridgehead atoms. The molecule has 0 radical (unpaired) electrons. The largest absolute Gasteiger partial charge is 0.377 e. The Kier molecular flexibility index (Phi) is 3.75. The van der Waals surface area contributed by atoms with E-state index in [-0.39, 0.29) is 28.0 Å². The summed E-state index contributed by atoms with van der Waals surface area (Å²) in [7, 11) is 0. The van der Waals surface area contributed by atoms with Gasteiger partial charge in [0, 0.05) is 23.7 Å². The van der Waals surface area contributed by atoms with Gasteiger partial charge in [-0.2, -0.15) is 0 Å². The molecule has 1 aromatic rings. The topological polar surface area (TPSA) is 67.2 Å². The van der Waals surface area contributed by atoms with Gasteiger partial charge in [0.1, 0.15) is 11.5 Å². The van der Waals surface area contributed by atoms with Gasteiger partial charge in [-0.05, 0) is 38.6 Å². The second-order valence-corrected chi connectivity index (χ2v) is 6.34. The first-order valence-electron chi connectivity index (χ1n) is 7.14. The van der Waals surface area contributed by atoms with Crippen molar-refractivity contribution in [3.05, 3.63) is 33.1 Å². The average molecular weight is 314 g/mol. The maximum absolute atomic E-state index is 13.6. The molecule has 3 rings (SSSR count). The minimum atomic E-state index is -0.642. The Morgan fingerprint density at radius 3 is 2.86 bits per heavy atom. The molecule has 1 unspecified atom stereocenters. The van der Waals surface area contributed by atoms with Crippen molar-refractivity contribution < 1.29 is 9.31 Å². The van der Waals surface area contributed by atoms with E-state index in [1.165, 1.54) is 6.42 Å². The van der Waals surface area contributed by atoms with Crippen LogP contribution >= 0.6 is 11.6 Å². The highest BCUT2D eigenvalue weighted by molar-refractivity contribution is 6.31. The number of benzene rings is 1. The molecule has 5 nitrogen and oxygen atoms in total. The number of nitrogens with one attached hydrogen (secondary N) is 2. The maximum atomic E-state index is 13.6. The van der Waals surface area contributed by atoms with E-state index in [2.05, 4.69) is 10.6 Å². The standard InChI is InChI=1S/C14H17ClFN3O2/c15-10-6-13(19(20)21)12(7-11(10)16)18-9-2-5-17-14(8-9)3-1-4-14/h6-7,9,17-18H,1-5,8H2. The summed E-state index contributed by atoms with van der Waals surface area (Å²) in [6, 6.07) is 2.31. The highest BCUT2D eigenvalue weighted by atomic mass is 35.5. The van der Waals surface area contributed by atoms with Crippen LogP contribution in [-0.4, -0.2) is 23.0 Å². The SMILES string of the molecule is O=[N+]([O-])c1cc(Cl)c(F)cc1NC1CCNC2(CCC2)C1. The minimum absolute atomic E-state index is 0.117. The van der Waals surface area contributed by atoms with E-state index in [0.29, 0.717) is 0 Å². The van der Waals surface area contributed by atoms with Crippen molar-refractivity contribution in [3.63, 3.8) is 0 Å². The summed E-state index contributed by atoms with van der Waals surface area (Å²) < 4.78 is 13.6. The first kappa shape index (κ1) is 14.5. The number of nitro groups is 1. The van der Waals surface area contributed by atoms with Crippen molar-refractivity contribution in [2.45, 2.75) is 43.7 Å². The van der Waals surface area contributed by atoms with E-state index in [1.54, 1.807) is 0 Å². The number of nitro benzene ring substituents is 1. The predicted octanol–water partition coefficient (Wildman–Crippen LogP) is 3.47. The Morgan fingerprint density at radius 1 is 1.48 bits per heavy atom. The van der Waals surface area contributed by atoms with Gasteiger partial charge in [-0.3, -0.25) is 10.1 Å². The zero-order chi connectivity index (χ0) is 15.0. The van der Waals surface area contributed by atoms with E-state index in [0.717, 1.165) is 44.4 Å². The first-order chi connectivity index (χ1) is 9.99. The molecule has 1 spiro atoms. The third-order valence-corrected chi connectivity index (χ3v) is 4.83. The lowest BCUT2D eigenvalue weighted by molar-refractivity contribution is -0.384. The number of piperidine rings is 1. The van der Waals surface area contributed by atoms with Crippen molar-refractivity contribution in [2.24, 2.45) is 0 Å². The Balaban J connectivity index is 1.80. The van der Waals surface area contributed by atoms with E-state index < -0.39 is 10.7 Å². The molecule has 2 N–H and O–H groups in total. The van der Waals surface area contributed by atoms with Crippen LogP contribution in [0, 0.1) is 15.9 Å². The Hall–Kier alpha value is -1.40. The molecule has 2 fully saturated rings. The summed E-state index contributed by atoms with van der Waals surface area (Å²) in [6.07, 6.45) is 5.28. The van der Waals surface area contributed by atoms with Crippen LogP contribution in [0.4, 0.5) is 15.8 Å². The van der Waals surface area contributed by atoms with Gasteiger partial charge in [-0.25, -0.2) is 4.39 Å². The second-order valence-electron chi connectivity index (χ2n) is 5.94. The summed E-state index contributed by atoms with van der Waals surface area (Å²) in [4.78, 5) is 10.6. The molecule has 1 saturated heterocycles. The fourth-order valence-electron chi connectivity index (χ4n) is 3.29. The van der Waals surface area contributed by atoms with Crippen molar-refractivity contribution in [2.75, 3.05) is 11.9 Å². The zero-order valence-electron chi connectivity index (χ0n) is 11.5. The van der Waals surface area contributed by atoms with Gasteiger partial charge >= 0.3 is 0 Å². The highest BCUT2D eigenvalue weighted by Gasteiger charge is 2.41. The van der Waals surface area contributed by atoms with E-state index in [1.807, 2.05) is 0 Å². The maximum Gasteiger partial charge on any atom is 0.294 e. The summed E-state index contributed by atoms with van der Waals surface area (Å²) >= 11 is 5.63. The number of anilines is 1. The molecule has 7 heteroatoms. The van der Waals surface area contributed by atoms with Gasteiger partial charge < -0.3 is 10.6 Å². The quantitative estimate of drug-likeness (QED) is 0.662. The molecule has 0 aromatic heterocycles. The van der Waals surface area contributed by atoms with Crippen LogP contribution in [0.15, 0.2) is 12.1 Å². The zero-order valence-corrected chi connectivity index (χ0v) is 12.3. The summed E-state index contributed by atoms with van der Waals surface area (Å²) in [5, 5.41) is 17.5. The van der Waals surface area contributed by atoms with Crippen LogP contribution in [0.1, 0.15) is 32.1 Å². The van der Waals surface area contributed by atoms with Crippen molar-refractivity contribution in [3.8, 4) is 0 Å². The molecular formula is C14H17ClFN3O2. The van der Waals surface area contributed by atoms with Crippen LogP contribution in [-0.2, 0) is 0 Å². The lowest BCUT2D eigenvalue weighted by Gasteiger charge is -2.48. The molecule has 2 aliphatic rings. The van der Waals surface area contributed by atoms with Crippen LogP contribution < -0.4 is 10.6 Å². The molecular weight excluding hydrogens is 297 g/mol. The number of hydrogen-bond donors (Lipinski definition) is 2. The summed E-state index contributed by atoms with van der Waals surface area (Å²) in [6.45, 7) is 0.877. The normalized spacial score (nSPS) is 23.6. The van der Waals surface area contributed by atoms with Gasteiger partial charge in [0.2, 0.25) is 0 Å². The average Bonchev–Trinajstić information content (AvgIpc) is 2.41. The Labute approximate surface area is 127 Å². The third-order valence-electron chi connectivity index (χ3n) is 4.54. The molecule has 21 heavy (non-hydrogen) atoms. The van der Waals surface area contributed by atoms with E-state index >= 15 is 0 Å². The third kappa shape index (κ3) is 2.82. The predicted molar refractivity (Wildman–Crippen MR) is 79.3 cm³/mol. The number of rotatable bonds is 3. The Bertz CT molecular complexity index is 578. The van der Waals surface area contributed by atoms with Gasteiger partial charge in [-0.15, -0.1) is 0 Å². The van der Waals surface area contributed by atoms with Crippen molar-refractivity contribution in [1.29, 1.82) is 0 Å². The molecule has 1 heterocycles. The van der Waals surface area contributed by atoms with Crippen LogP contribution in [0.2, 0.25) is 5.02 Å². The molecule has 114 valence electrons.